The van der Waals surface area contributed by atoms with Crippen LogP contribution in [0.25, 0.3) is 6.08 Å². The van der Waals surface area contributed by atoms with Crippen LogP contribution >= 0.6 is 0 Å². The van der Waals surface area contributed by atoms with Crippen molar-refractivity contribution >= 4 is 11.8 Å². The summed E-state index contributed by atoms with van der Waals surface area (Å²) < 4.78 is 0. The summed E-state index contributed by atoms with van der Waals surface area (Å²) in [5.41, 5.74) is 3.50. The summed E-state index contributed by atoms with van der Waals surface area (Å²) in [4.78, 5) is 0. The van der Waals surface area contributed by atoms with Gasteiger partial charge >= 0.3 is 0 Å². The van der Waals surface area contributed by atoms with Gasteiger partial charge in [-0.25, -0.2) is 0 Å². The van der Waals surface area contributed by atoms with Crippen LogP contribution in [0, 0.1) is 0 Å². The minimum absolute atomic E-state index is 1.13. The van der Waals surface area contributed by atoms with Crippen molar-refractivity contribution in [3.05, 3.63) is 59.8 Å². The van der Waals surface area contributed by atoms with Crippen LogP contribution in [0.1, 0.15) is 12.5 Å². The minimum Gasteiger partial charge on any atom is -0.394 e. The highest BCUT2D eigenvalue weighted by Gasteiger charge is 1.89. The van der Waals surface area contributed by atoms with Crippen molar-refractivity contribution in [2.45, 2.75) is 6.92 Å². The smallest absolute Gasteiger partial charge is 0.0337 e. The molecule has 0 bridgehead atoms. The van der Waals surface area contributed by atoms with Gasteiger partial charge in [-0.2, -0.15) is 0 Å². The lowest BCUT2D eigenvalue weighted by molar-refractivity contribution is 1.10. The summed E-state index contributed by atoms with van der Waals surface area (Å²) in [6.45, 7) is 2.03. The fourth-order valence-electron chi connectivity index (χ4n) is 1.38. The predicted molar refractivity (Wildman–Crippen MR) is 77.0 cm³/mol. The van der Waals surface area contributed by atoms with E-state index in [4.69, 9.17) is 0 Å². The van der Waals surface area contributed by atoms with Gasteiger partial charge in [0.2, 0.25) is 0 Å². The van der Waals surface area contributed by atoms with Crippen LogP contribution in [0.15, 0.2) is 54.3 Å². The molecule has 0 heterocycles. The molecule has 0 saturated heterocycles. The summed E-state index contributed by atoms with van der Waals surface area (Å²) >= 11 is 0. The molecular weight excluding hydrogens is 208 g/mol. The third-order valence-corrected chi connectivity index (χ3v) is 2.44. The third-order valence-electron chi connectivity index (χ3n) is 2.44. The minimum atomic E-state index is 1.13. The van der Waals surface area contributed by atoms with Crippen LogP contribution in [0.2, 0.25) is 0 Å². The Bertz CT molecular complexity index is 411. The molecule has 1 aromatic rings. The van der Waals surface area contributed by atoms with E-state index < -0.39 is 0 Å². The van der Waals surface area contributed by atoms with E-state index >= 15 is 0 Å². The fraction of sp³-hybridized carbons (Fsp3) is 0.200. The van der Waals surface area contributed by atoms with E-state index in [2.05, 4.69) is 53.1 Å². The molecule has 2 nitrogen and oxygen atoms in total. The Kier molecular flexibility index (Phi) is 5.66. The lowest BCUT2D eigenvalue weighted by Gasteiger charge is -1.99. The van der Waals surface area contributed by atoms with E-state index in [0.717, 1.165) is 5.69 Å². The Labute approximate surface area is 104 Å². The van der Waals surface area contributed by atoms with Crippen LogP contribution < -0.4 is 10.6 Å². The Morgan fingerprint density at radius 3 is 2.29 bits per heavy atom. The highest BCUT2D eigenvalue weighted by Crippen LogP contribution is 2.11. The quantitative estimate of drug-likeness (QED) is 0.755. The molecule has 0 spiro atoms. The van der Waals surface area contributed by atoms with Gasteiger partial charge in [-0.1, -0.05) is 30.4 Å². The molecule has 1 rings (SSSR count). The first-order valence-electron chi connectivity index (χ1n) is 5.76. The zero-order chi connectivity index (χ0) is 12.5. The summed E-state index contributed by atoms with van der Waals surface area (Å²) in [5, 5.41) is 6.09. The van der Waals surface area contributed by atoms with Gasteiger partial charge in [0.15, 0.2) is 0 Å². The van der Waals surface area contributed by atoms with Crippen LogP contribution in [0.4, 0.5) is 5.69 Å². The van der Waals surface area contributed by atoms with Crippen molar-refractivity contribution in [2.75, 3.05) is 19.4 Å². The molecule has 0 aliphatic carbocycles. The van der Waals surface area contributed by atoms with Crippen molar-refractivity contribution in [1.82, 2.24) is 5.32 Å². The molecule has 0 aliphatic rings. The van der Waals surface area contributed by atoms with Gasteiger partial charge in [-0.15, -0.1) is 0 Å². The molecular formula is C15H20N2. The van der Waals surface area contributed by atoms with E-state index in [1.165, 1.54) is 11.1 Å². The first-order valence-corrected chi connectivity index (χ1v) is 5.76. The summed E-state index contributed by atoms with van der Waals surface area (Å²) in [6, 6.07) is 8.33. The molecule has 2 N–H and O–H groups in total. The third kappa shape index (κ3) is 4.60. The van der Waals surface area contributed by atoms with Gasteiger partial charge in [-0.3, -0.25) is 0 Å². The SMILES string of the molecule is C/C=C(\C=C/NC)/C=C/c1ccc(NC)cc1. The molecule has 0 saturated carbocycles. The molecule has 0 amide bonds. The van der Waals surface area contributed by atoms with Crippen molar-refractivity contribution < 1.29 is 0 Å². The molecule has 2 heteroatoms. The number of hydrogen-bond donors (Lipinski definition) is 2. The fourth-order valence-corrected chi connectivity index (χ4v) is 1.38. The lowest BCUT2D eigenvalue weighted by atomic mass is 10.1. The average Bonchev–Trinajstić information content (AvgIpc) is 2.39. The number of hydrogen-bond acceptors (Lipinski definition) is 2. The second kappa shape index (κ2) is 7.34. The second-order valence-corrected chi connectivity index (χ2v) is 3.62. The summed E-state index contributed by atoms with van der Waals surface area (Å²) in [6.07, 6.45) is 10.2. The van der Waals surface area contributed by atoms with Crippen LogP contribution in [-0.4, -0.2) is 14.1 Å². The van der Waals surface area contributed by atoms with Gasteiger partial charge in [-0.05, 0) is 42.5 Å². The molecule has 0 unspecified atom stereocenters. The number of allylic oxidation sites excluding steroid dienone is 4. The monoisotopic (exact) mass is 228 g/mol. The molecule has 0 radical (unpaired) electrons. The van der Waals surface area contributed by atoms with E-state index in [1.807, 2.05) is 33.3 Å². The number of nitrogens with one attached hydrogen (secondary N) is 2. The Morgan fingerprint density at radius 1 is 1.06 bits per heavy atom. The van der Waals surface area contributed by atoms with E-state index in [0.29, 0.717) is 0 Å². The first-order chi connectivity index (χ1) is 8.30. The Morgan fingerprint density at radius 2 is 1.76 bits per heavy atom. The van der Waals surface area contributed by atoms with Crippen molar-refractivity contribution in [3.63, 3.8) is 0 Å². The zero-order valence-corrected chi connectivity index (χ0v) is 10.7. The van der Waals surface area contributed by atoms with E-state index in [-0.39, 0.29) is 0 Å². The van der Waals surface area contributed by atoms with Gasteiger partial charge < -0.3 is 10.6 Å². The van der Waals surface area contributed by atoms with Gasteiger partial charge in [0, 0.05) is 19.8 Å². The normalized spacial score (nSPS) is 12.3. The molecule has 90 valence electrons. The Balaban J connectivity index is 2.71. The van der Waals surface area contributed by atoms with E-state index in [1.54, 1.807) is 0 Å². The second-order valence-electron chi connectivity index (χ2n) is 3.62. The standard InChI is InChI=1S/C15H20N2/c1-4-13(11-12-16-2)5-6-14-7-9-15(17-3)10-8-14/h4-12,16-17H,1-3H3/b6-5+,12-11-,13-4-. The Hall–Kier alpha value is -1.96. The molecule has 0 atom stereocenters. The van der Waals surface area contributed by atoms with Crippen molar-refractivity contribution in [3.8, 4) is 0 Å². The predicted octanol–water partition coefficient (Wildman–Crippen LogP) is 3.42. The number of anilines is 1. The maximum atomic E-state index is 3.10. The maximum Gasteiger partial charge on any atom is 0.0337 e. The largest absolute Gasteiger partial charge is 0.394 e. The molecule has 1 aromatic carbocycles. The highest BCUT2D eigenvalue weighted by molar-refractivity contribution is 5.57. The van der Waals surface area contributed by atoms with E-state index in [9.17, 15) is 0 Å². The average molecular weight is 228 g/mol. The molecule has 17 heavy (non-hydrogen) atoms. The van der Waals surface area contributed by atoms with Gasteiger partial charge in [0.25, 0.3) is 0 Å². The van der Waals surface area contributed by atoms with Crippen molar-refractivity contribution in [2.24, 2.45) is 0 Å². The molecule has 0 aliphatic heterocycles. The zero-order valence-electron chi connectivity index (χ0n) is 10.7. The van der Waals surface area contributed by atoms with Crippen molar-refractivity contribution in [1.29, 1.82) is 0 Å². The summed E-state index contributed by atoms with van der Waals surface area (Å²) in [7, 11) is 3.81. The maximum absolute atomic E-state index is 3.10. The van der Waals surface area contributed by atoms with Crippen LogP contribution in [-0.2, 0) is 0 Å². The van der Waals surface area contributed by atoms with Gasteiger partial charge in [0.05, 0.1) is 0 Å². The van der Waals surface area contributed by atoms with Gasteiger partial charge in [0.1, 0.15) is 0 Å². The summed E-state index contributed by atoms with van der Waals surface area (Å²) in [5.74, 6) is 0. The molecule has 0 fully saturated rings. The van der Waals surface area contributed by atoms with Crippen LogP contribution in [0.3, 0.4) is 0 Å². The lowest BCUT2D eigenvalue weighted by Crippen LogP contribution is -1.91. The topological polar surface area (TPSA) is 24.1 Å². The number of benzene rings is 1. The number of rotatable bonds is 5. The highest BCUT2D eigenvalue weighted by atomic mass is 14.8. The first kappa shape index (κ1) is 13.1. The van der Waals surface area contributed by atoms with Crippen LogP contribution in [0.5, 0.6) is 0 Å². The molecule has 0 aromatic heterocycles.